The van der Waals surface area contributed by atoms with Crippen LogP contribution in [0.2, 0.25) is 0 Å². The van der Waals surface area contributed by atoms with Crippen LogP contribution in [0, 0.1) is 6.92 Å². The van der Waals surface area contributed by atoms with E-state index in [-0.39, 0.29) is 17.7 Å². The largest absolute Gasteiger partial charge is 0.298 e. The van der Waals surface area contributed by atoms with Gasteiger partial charge in [-0.25, -0.2) is 4.18 Å². The third-order valence-corrected chi connectivity index (χ3v) is 4.11. The molecule has 0 aromatic heterocycles. The molecule has 110 valence electrons. The van der Waals surface area contributed by atoms with Gasteiger partial charge in [0.1, 0.15) is 0 Å². The van der Waals surface area contributed by atoms with Crippen molar-refractivity contribution in [3.63, 3.8) is 0 Å². The molecule has 0 aliphatic carbocycles. The monoisotopic (exact) mass is 298 g/mol. The fraction of sp³-hybridized carbons (Fsp3) is 0.429. The maximum atomic E-state index is 12.1. The molecule has 0 atom stereocenters. The van der Waals surface area contributed by atoms with E-state index in [0.29, 0.717) is 0 Å². The average molecular weight is 298 g/mol. The van der Waals surface area contributed by atoms with Crippen molar-refractivity contribution in [1.82, 2.24) is 0 Å². The van der Waals surface area contributed by atoms with Crippen LogP contribution in [0.25, 0.3) is 0 Å². The van der Waals surface area contributed by atoms with Gasteiger partial charge in [0.25, 0.3) is 10.1 Å². The number of ketones is 2. The summed E-state index contributed by atoms with van der Waals surface area (Å²) < 4.78 is 29.0. The van der Waals surface area contributed by atoms with E-state index in [9.17, 15) is 18.0 Å². The molecule has 0 amide bonds. The number of rotatable bonds is 7. The lowest BCUT2D eigenvalue weighted by Crippen LogP contribution is -2.34. The van der Waals surface area contributed by atoms with E-state index >= 15 is 0 Å². The summed E-state index contributed by atoms with van der Waals surface area (Å²) in [5.41, 5.74) is 0.898. The molecule has 20 heavy (non-hydrogen) atoms. The lowest BCUT2D eigenvalue weighted by atomic mass is 10.1. The Labute approximate surface area is 119 Å². The van der Waals surface area contributed by atoms with Gasteiger partial charge in [0, 0.05) is 12.8 Å². The molecule has 0 radical (unpaired) electrons. The number of carbonyl (C=O) groups excluding carboxylic acids is 2. The molecular formula is C14H18O5S. The second kappa shape index (κ2) is 6.76. The molecule has 0 saturated heterocycles. The number of benzene rings is 1. The van der Waals surface area contributed by atoms with Gasteiger partial charge in [-0.2, -0.15) is 8.42 Å². The second-order valence-corrected chi connectivity index (χ2v) is 5.96. The van der Waals surface area contributed by atoms with E-state index < -0.39 is 27.8 Å². The Kier molecular flexibility index (Phi) is 5.59. The summed E-state index contributed by atoms with van der Waals surface area (Å²) in [6.45, 7) is 4.93. The Bertz CT molecular complexity index is 570. The minimum Gasteiger partial charge on any atom is -0.296 e. The normalized spacial score (nSPS) is 11.6. The van der Waals surface area contributed by atoms with Crippen molar-refractivity contribution in [2.45, 2.75) is 44.6 Å². The molecule has 0 bridgehead atoms. The van der Waals surface area contributed by atoms with Gasteiger partial charge in [-0.3, -0.25) is 9.59 Å². The van der Waals surface area contributed by atoms with Gasteiger partial charge in [-0.1, -0.05) is 31.5 Å². The topological polar surface area (TPSA) is 77.5 Å². The van der Waals surface area contributed by atoms with Crippen molar-refractivity contribution in [2.75, 3.05) is 0 Å². The molecule has 1 aromatic rings. The highest BCUT2D eigenvalue weighted by Crippen LogP contribution is 2.17. The van der Waals surface area contributed by atoms with Crippen molar-refractivity contribution in [2.24, 2.45) is 0 Å². The molecule has 1 aromatic carbocycles. The summed E-state index contributed by atoms with van der Waals surface area (Å²) in [5.74, 6) is -1.07. The zero-order chi connectivity index (χ0) is 15.3. The van der Waals surface area contributed by atoms with E-state index in [1.54, 1.807) is 26.0 Å². The maximum Gasteiger partial charge on any atom is 0.298 e. The summed E-state index contributed by atoms with van der Waals surface area (Å²) in [7, 11) is -4.13. The third kappa shape index (κ3) is 3.98. The highest BCUT2D eigenvalue weighted by Gasteiger charge is 2.31. The first-order valence-electron chi connectivity index (χ1n) is 6.37. The predicted molar refractivity (Wildman–Crippen MR) is 73.8 cm³/mol. The molecule has 6 heteroatoms. The number of hydrogen-bond donors (Lipinski definition) is 0. The standard InChI is InChI=1S/C14H18O5S/c1-4-12(15)14(13(16)5-2)19-20(17,18)11-8-6-10(3)7-9-11/h6-9,14H,4-5H2,1-3H3. The second-order valence-electron chi connectivity index (χ2n) is 4.38. The molecule has 0 N–H and O–H groups in total. The first-order valence-corrected chi connectivity index (χ1v) is 7.78. The van der Waals surface area contributed by atoms with Crippen LogP contribution in [-0.4, -0.2) is 26.1 Å². The molecule has 0 fully saturated rings. The summed E-state index contributed by atoms with van der Waals surface area (Å²) in [5, 5.41) is 0. The van der Waals surface area contributed by atoms with Gasteiger partial charge in [-0.05, 0) is 19.1 Å². The highest BCUT2D eigenvalue weighted by atomic mass is 32.2. The smallest absolute Gasteiger partial charge is 0.296 e. The maximum absolute atomic E-state index is 12.1. The van der Waals surface area contributed by atoms with Crippen LogP contribution in [-0.2, 0) is 23.9 Å². The van der Waals surface area contributed by atoms with Gasteiger partial charge in [0.15, 0.2) is 17.7 Å². The van der Waals surface area contributed by atoms with Crippen LogP contribution < -0.4 is 0 Å². The Hall–Kier alpha value is -1.53. The van der Waals surface area contributed by atoms with Crippen LogP contribution in [0.1, 0.15) is 32.3 Å². The van der Waals surface area contributed by atoms with Crippen LogP contribution >= 0.6 is 0 Å². The molecule has 1 rings (SSSR count). The fourth-order valence-corrected chi connectivity index (χ4v) is 2.59. The first-order chi connectivity index (χ1) is 9.31. The lowest BCUT2D eigenvalue weighted by Gasteiger charge is -2.14. The van der Waals surface area contributed by atoms with Crippen molar-refractivity contribution >= 4 is 21.7 Å². The number of carbonyl (C=O) groups is 2. The zero-order valence-electron chi connectivity index (χ0n) is 11.8. The predicted octanol–water partition coefficient (Wildman–Crippen LogP) is 2.03. The van der Waals surface area contributed by atoms with Gasteiger partial charge >= 0.3 is 0 Å². The van der Waals surface area contributed by atoms with E-state index in [1.807, 2.05) is 6.92 Å². The van der Waals surface area contributed by atoms with Crippen molar-refractivity contribution in [1.29, 1.82) is 0 Å². The minimum atomic E-state index is -4.13. The molecule has 0 aliphatic rings. The molecule has 0 heterocycles. The summed E-state index contributed by atoms with van der Waals surface area (Å²) >= 11 is 0. The van der Waals surface area contributed by atoms with Crippen molar-refractivity contribution < 1.29 is 22.2 Å². The van der Waals surface area contributed by atoms with Crippen LogP contribution in [0.5, 0.6) is 0 Å². The quantitative estimate of drug-likeness (QED) is 0.568. The lowest BCUT2D eigenvalue weighted by molar-refractivity contribution is -0.136. The Morgan fingerprint density at radius 3 is 1.90 bits per heavy atom. The molecule has 0 saturated carbocycles. The molecule has 0 aliphatic heterocycles. The molecular weight excluding hydrogens is 280 g/mol. The zero-order valence-corrected chi connectivity index (χ0v) is 12.6. The molecule has 5 nitrogen and oxygen atoms in total. The number of aryl methyl sites for hydroxylation is 1. The van der Waals surface area contributed by atoms with Gasteiger partial charge in [0.2, 0.25) is 0 Å². The summed E-state index contributed by atoms with van der Waals surface area (Å²) in [4.78, 5) is 23.3. The van der Waals surface area contributed by atoms with E-state index in [0.717, 1.165) is 5.56 Å². The summed E-state index contributed by atoms with van der Waals surface area (Å²) in [6.07, 6.45) is -1.46. The SMILES string of the molecule is CCC(=O)C(OS(=O)(=O)c1ccc(C)cc1)C(=O)CC. The van der Waals surface area contributed by atoms with E-state index in [4.69, 9.17) is 4.18 Å². The highest BCUT2D eigenvalue weighted by molar-refractivity contribution is 7.86. The summed E-state index contributed by atoms with van der Waals surface area (Å²) in [6, 6.07) is 6.01. The van der Waals surface area contributed by atoms with Crippen molar-refractivity contribution in [3.05, 3.63) is 29.8 Å². The Balaban J connectivity index is 3.05. The average Bonchev–Trinajstić information content (AvgIpc) is 2.43. The number of hydrogen-bond acceptors (Lipinski definition) is 5. The van der Waals surface area contributed by atoms with Crippen LogP contribution in [0.3, 0.4) is 0 Å². The molecule has 0 spiro atoms. The number of Topliss-reactive ketones (excluding diaryl/α,β-unsaturated/α-hetero) is 2. The van der Waals surface area contributed by atoms with E-state index in [2.05, 4.69) is 0 Å². The van der Waals surface area contributed by atoms with Crippen molar-refractivity contribution in [3.8, 4) is 0 Å². The Morgan fingerprint density at radius 2 is 1.50 bits per heavy atom. The van der Waals surface area contributed by atoms with E-state index in [1.165, 1.54) is 12.1 Å². The third-order valence-electron chi connectivity index (χ3n) is 2.81. The van der Waals surface area contributed by atoms with Gasteiger partial charge < -0.3 is 0 Å². The fourth-order valence-electron chi connectivity index (χ4n) is 1.54. The Morgan fingerprint density at radius 1 is 1.05 bits per heavy atom. The minimum absolute atomic E-state index is 0.0415. The first kappa shape index (κ1) is 16.5. The van der Waals surface area contributed by atoms with Crippen LogP contribution in [0.4, 0.5) is 0 Å². The molecule has 0 unspecified atom stereocenters. The van der Waals surface area contributed by atoms with Crippen LogP contribution in [0.15, 0.2) is 29.2 Å². The van der Waals surface area contributed by atoms with Gasteiger partial charge in [0.05, 0.1) is 4.90 Å². The van der Waals surface area contributed by atoms with Gasteiger partial charge in [-0.15, -0.1) is 0 Å².